The molecule has 1 saturated carbocycles. The Hall–Kier alpha value is -1.45. The third-order valence-electron chi connectivity index (χ3n) is 4.40. The van der Waals surface area contributed by atoms with Crippen molar-refractivity contribution in [2.45, 2.75) is 24.2 Å². The number of halogens is 1. The first-order valence-corrected chi connectivity index (χ1v) is 8.17. The molecule has 0 radical (unpaired) electrons. The second-order valence-corrected chi connectivity index (χ2v) is 7.40. The molecule has 3 rings (SSSR count). The van der Waals surface area contributed by atoms with Gasteiger partial charge in [-0.15, -0.1) is 0 Å². The van der Waals surface area contributed by atoms with Crippen LogP contribution in [0, 0.1) is 29.0 Å². The van der Waals surface area contributed by atoms with Gasteiger partial charge < -0.3 is 0 Å². The van der Waals surface area contributed by atoms with Gasteiger partial charge in [0.1, 0.15) is 22.3 Å². The smallest absolute Gasteiger partial charge is 0.207 e. The molecular weight excluding hydrogens is 279 g/mol. The lowest BCUT2D eigenvalue weighted by atomic mass is 10.0. The highest BCUT2D eigenvalue weighted by Crippen LogP contribution is 2.40. The summed E-state index contributed by atoms with van der Waals surface area (Å²) in [6.07, 6.45) is 3.28. The maximum atomic E-state index is 13.6. The fourth-order valence-electron chi connectivity index (χ4n) is 3.36. The van der Waals surface area contributed by atoms with Gasteiger partial charge in [-0.2, -0.15) is 9.57 Å². The van der Waals surface area contributed by atoms with Crippen LogP contribution < -0.4 is 0 Å². The molecule has 2 fully saturated rings. The van der Waals surface area contributed by atoms with Crippen LogP contribution in [0.2, 0.25) is 0 Å². The number of nitriles is 1. The number of fused-ring (bicyclic) bond motifs is 1. The van der Waals surface area contributed by atoms with E-state index in [1.165, 1.54) is 16.4 Å². The Balaban J connectivity index is 1.98. The van der Waals surface area contributed by atoms with Gasteiger partial charge in [-0.05, 0) is 36.8 Å². The molecule has 1 aromatic rings. The summed E-state index contributed by atoms with van der Waals surface area (Å²) >= 11 is 0. The first kappa shape index (κ1) is 13.5. The molecule has 4 nitrogen and oxygen atoms in total. The lowest BCUT2D eigenvalue weighted by Crippen LogP contribution is -2.30. The van der Waals surface area contributed by atoms with E-state index >= 15 is 0 Å². The van der Waals surface area contributed by atoms with E-state index in [0.717, 1.165) is 25.3 Å². The summed E-state index contributed by atoms with van der Waals surface area (Å²) in [5.41, 5.74) is -0.385. The summed E-state index contributed by atoms with van der Waals surface area (Å²) in [6.45, 7) is 0.989. The van der Waals surface area contributed by atoms with Gasteiger partial charge in [0.2, 0.25) is 10.0 Å². The SMILES string of the molecule is N#Cc1c(F)cccc1S(=O)(=O)N1CC2CCCC2C1. The van der Waals surface area contributed by atoms with Gasteiger partial charge in [0.05, 0.1) is 0 Å². The van der Waals surface area contributed by atoms with Crippen LogP contribution in [0.15, 0.2) is 23.1 Å². The van der Waals surface area contributed by atoms with Crippen molar-refractivity contribution < 1.29 is 12.8 Å². The maximum absolute atomic E-state index is 13.6. The molecule has 0 amide bonds. The predicted octanol–water partition coefficient (Wildman–Crippen LogP) is 2.12. The summed E-state index contributed by atoms with van der Waals surface area (Å²) in [6, 6.07) is 5.41. The Morgan fingerprint density at radius 2 is 1.90 bits per heavy atom. The van der Waals surface area contributed by atoms with Crippen LogP contribution in [-0.4, -0.2) is 25.8 Å². The van der Waals surface area contributed by atoms with E-state index in [-0.39, 0.29) is 10.5 Å². The van der Waals surface area contributed by atoms with Gasteiger partial charge in [0, 0.05) is 13.1 Å². The molecule has 106 valence electrons. The topological polar surface area (TPSA) is 61.2 Å². The highest BCUT2D eigenvalue weighted by molar-refractivity contribution is 7.89. The van der Waals surface area contributed by atoms with Crippen molar-refractivity contribution in [1.29, 1.82) is 5.26 Å². The summed E-state index contributed by atoms with van der Waals surface area (Å²) in [7, 11) is -3.78. The van der Waals surface area contributed by atoms with Gasteiger partial charge in [-0.1, -0.05) is 12.5 Å². The Morgan fingerprint density at radius 3 is 2.50 bits per heavy atom. The molecule has 1 aromatic carbocycles. The molecule has 2 atom stereocenters. The van der Waals surface area contributed by atoms with Crippen LogP contribution >= 0.6 is 0 Å². The van der Waals surface area contributed by atoms with E-state index in [9.17, 15) is 12.8 Å². The minimum atomic E-state index is -3.78. The highest BCUT2D eigenvalue weighted by atomic mass is 32.2. The number of nitrogens with zero attached hydrogens (tertiary/aromatic N) is 2. The van der Waals surface area contributed by atoms with E-state index in [0.29, 0.717) is 24.9 Å². The van der Waals surface area contributed by atoms with Crippen molar-refractivity contribution in [2.75, 3.05) is 13.1 Å². The summed E-state index contributed by atoms with van der Waals surface area (Å²) < 4.78 is 40.2. The Kier molecular flexibility index (Phi) is 3.27. The molecule has 6 heteroatoms. The van der Waals surface area contributed by atoms with Crippen LogP contribution in [0.4, 0.5) is 4.39 Å². The van der Waals surface area contributed by atoms with Crippen LogP contribution in [0.25, 0.3) is 0 Å². The second-order valence-electron chi connectivity index (χ2n) is 5.50. The Morgan fingerprint density at radius 1 is 1.25 bits per heavy atom. The average molecular weight is 294 g/mol. The van der Waals surface area contributed by atoms with Crippen LogP contribution in [0.5, 0.6) is 0 Å². The van der Waals surface area contributed by atoms with Crippen molar-refractivity contribution in [2.24, 2.45) is 11.8 Å². The molecule has 1 saturated heterocycles. The Bertz CT molecular complexity index is 669. The molecule has 20 heavy (non-hydrogen) atoms. The third-order valence-corrected chi connectivity index (χ3v) is 6.27. The average Bonchev–Trinajstić information content (AvgIpc) is 2.99. The predicted molar refractivity (Wildman–Crippen MR) is 70.7 cm³/mol. The molecule has 0 aromatic heterocycles. The van der Waals surface area contributed by atoms with Gasteiger partial charge in [-0.25, -0.2) is 12.8 Å². The van der Waals surface area contributed by atoms with Crippen molar-refractivity contribution >= 4 is 10.0 Å². The molecule has 0 spiro atoms. The summed E-state index contributed by atoms with van der Waals surface area (Å²) in [4.78, 5) is -0.208. The van der Waals surface area contributed by atoms with Crippen LogP contribution in [0.1, 0.15) is 24.8 Å². The molecule has 2 aliphatic rings. The van der Waals surface area contributed by atoms with Gasteiger partial charge >= 0.3 is 0 Å². The minimum Gasteiger partial charge on any atom is -0.207 e. The molecule has 2 unspecified atom stereocenters. The molecule has 1 aliphatic carbocycles. The molecule has 1 heterocycles. The number of rotatable bonds is 2. The Labute approximate surface area is 117 Å². The molecule has 0 bridgehead atoms. The quantitative estimate of drug-likeness (QED) is 0.839. The standard InChI is InChI=1S/C14H15FN2O2S/c15-13-5-2-6-14(12(13)7-16)20(18,19)17-8-10-3-1-4-11(10)9-17/h2,5-6,10-11H,1,3-4,8-9H2. The number of hydrogen-bond acceptors (Lipinski definition) is 3. The van der Waals surface area contributed by atoms with Gasteiger partial charge in [0.25, 0.3) is 0 Å². The van der Waals surface area contributed by atoms with Crippen molar-refractivity contribution in [3.05, 3.63) is 29.6 Å². The lowest BCUT2D eigenvalue weighted by molar-refractivity contribution is 0.444. The van der Waals surface area contributed by atoms with E-state index in [1.807, 2.05) is 0 Å². The number of sulfonamides is 1. The zero-order valence-corrected chi connectivity index (χ0v) is 11.7. The normalized spacial score (nSPS) is 26.4. The van der Waals surface area contributed by atoms with Crippen molar-refractivity contribution in [3.63, 3.8) is 0 Å². The van der Waals surface area contributed by atoms with E-state index in [4.69, 9.17) is 5.26 Å². The molecular formula is C14H15FN2O2S. The zero-order chi connectivity index (χ0) is 14.3. The van der Waals surface area contributed by atoms with E-state index < -0.39 is 15.8 Å². The molecule has 0 N–H and O–H groups in total. The van der Waals surface area contributed by atoms with E-state index in [1.54, 1.807) is 6.07 Å². The number of benzene rings is 1. The van der Waals surface area contributed by atoms with E-state index in [2.05, 4.69) is 0 Å². The second kappa shape index (κ2) is 4.83. The van der Waals surface area contributed by atoms with Gasteiger partial charge in [0.15, 0.2) is 0 Å². The summed E-state index contributed by atoms with van der Waals surface area (Å²) in [5, 5.41) is 8.99. The minimum absolute atomic E-state index is 0.208. The monoisotopic (exact) mass is 294 g/mol. The van der Waals surface area contributed by atoms with Gasteiger partial charge in [-0.3, -0.25) is 0 Å². The molecule has 1 aliphatic heterocycles. The van der Waals surface area contributed by atoms with Crippen LogP contribution in [-0.2, 0) is 10.0 Å². The van der Waals surface area contributed by atoms with Crippen molar-refractivity contribution in [3.8, 4) is 6.07 Å². The fraction of sp³-hybridized carbons (Fsp3) is 0.500. The first-order chi connectivity index (χ1) is 9.54. The largest absolute Gasteiger partial charge is 0.244 e. The van der Waals surface area contributed by atoms with Crippen LogP contribution in [0.3, 0.4) is 0 Å². The third kappa shape index (κ3) is 2.02. The van der Waals surface area contributed by atoms with Crippen molar-refractivity contribution in [1.82, 2.24) is 4.31 Å². The fourth-order valence-corrected chi connectivity index (χ4v) is 5.06. The first-order valence-electron chi connectivity index (χ1n) is 6.73. The summed E-state index contributed by atoms with van der Waals surface area (Å²) in [5.74, 6) is 0.0562. The zero-order valence-electron chi connectivity index (χ0n) is 10.9. The highest BCUT2D eigenvalue weighted by Gasteiger charge is 2.42. The maximum Gasteiger partial charge on any atom is 0.244 e. The number of hydrogen-bond donors (Lipinski definition) is 0. The lowest BCUT2D eigenvalue weighted by Gasteiger charge is -2.18.